The van der Waals surface area contributed by atoms with E-state index in [-0.39, 0.29) is 22.1 Å². The van der Waals surface area contributed by atoms with Gasteiger partial charge < -0.3 is 4.42 Å². The highest BCUT2D eigenvalue weighted by molar-refractivity contribution is 8.17. The number of nitro groups is 1. The molecule has 2 aliphatic rings. The molecular formula is C23H13ClN4O4S. The molecule has 162 valence electrons. The lowest BCUT2D eigenvalue weighted by Gasteiger charge is -2.26. The van der Waals surface area contributed by atoms with Gasteiger partial charge in [-0.25, -0.2) is 0 Å². The Kier molecular flexibility index (Phi) is 5.20. The second-order valence-corrected chi connectivity index (χ2v) is 8.30. The van der Waals surface area contributed by atoms with Crippen molar-refractivity contribution in [1.29, 1.82) is 5.41 Å². The number of hydrogen-bond acceptors (Lipinski definition) is 6. The van der Waals surface area contributed by atoms with Gasteiger partial charge in [-0.15, -0.1) is 0 Å². The van der Waals surface area contributed by atoms with E-state index in [1.165, 1.54) is 36.0 Å². The summed E-state index contributed by atoms with van der Waals surface area (Å²) < 4.78 is 5.81. The molecule has 0 aliphatic carbocycles. The van der Waals surface area contributed by atoms with Crippen molar-refractivity contribution in [2.45, 2.75) is 0 Å². The van der Waals surface area contributed by atoms with Crippen molar-refractivity contribution in [2.24, 2.45) is 4.99 Å². The molecule has 33 heavy (non-hydrogen) atoms. The zero-order chi connectivity index (χ0) is 23.1. The number of halogens is 1. The number of hydrogen-bond donors (Lipinski definition) is 1. The van der Waals surface area contributed by atoms with E-state index in [4.69, 9.17) is 21.4 Å². The summed E-state index contributed by atoms with van der Waals surface area (Å²) in [5.74, 6) is 0.162. The molecule has 0 saturated heterocycles. The summed E-state index contributed by atoms with van der Waals surface area (Å²) in [5.41, 5.74) is 2.10. The Morgan fingerprint density at radius 2 is 1.94 bits per heavy atom. The summed E-state index contributed by atoms with van der Waals surface area (Å²) in [6.07, 6.45) is 1.46. The number of nitro benzene ring substituents is 1. The Morgan fingerprint density at radius 1 is 1.15 bits per heavy atom. The predicted molar refractivity (Wildman–Crippen MR) is 128 cm³/mol. The van der Waals surface area contributed by atoms with Gasteiger partial charge in [0.2, 0.25) is 0 Å². The van der Waals surface area contributed by atoms with Crippen molar-refractivity contribution < 1.29 is 14.1 Å². The number of amidine groups is 2. The van der Waals surface area contributed by atoms with Gasteiger partial charge in [0.15, 0.2) is 5.17 Å². The molecule has 3 heterocycles. The smallest absolute Gasteiger partial charge is 0.283 e. The van der Waals surface area contributed by atoms with Crippen molar-refractivity contribution in [3.05, 3.63) is 98.1 Å². The molecule has 3 aromatic rings. The molecule has 0 bridgehead atoms. The minimum absolute atomic E-state index is 0.00331. The van der Waals surface area contributed by atoms with E-state index in [0.717, 1.165) is 11.3 Å². The maximum atomic E-state index is 12.6. The number of non-ortho nitro benzene ring substituents is 1. The first-order valence-corrected chi connectivity index (χ1v) is 10.9. The maximum absolute atomic E-state index is 12.6. The van der Waals surface area contributed by atoms with Gasteiger partial charge in [0.05, 0.1) is 21.2 Å². The Hall–Kier alpha value is -3.95. The van der Waals surface area contributed by atoms with Crippen molar-refractivity contribution in [1.82, 2.24) is 4.90 Å². The first-order valence-electron chi connectivity index (χ1n) is 9.62. The van der Waals surface area contributed by atoms with Crippen molar-refractivity contribution in [2.75, 3.05) is 0 Å². The van der Waals surface area contributed by atoms with E-state index >= 15 is 0 Å². The monoisotopic (exact) mass is 476 g/mol. The fourth-order valence-electron chi connectivity index (χ4n) is 3.45. The Morgan fingerprint density at radius 3 is 2.67 bits per heavy atom. The number of aliphatic imine (C=N–C) groups is 1. The van der Waals surface area contributed by atoms with Gasteiger partial charge in [-0.2, -0.15) is 4.99 Å². The van der Waals surface area contributed by atoms with E-state index in [2.05, 4.69) is 4.99 Å². The summed E-state index contributed by atoms with van der Waals surface area (Å²) in [5, 5.41) is 22.1. The number of thioether (sulfide) groups is 1. The summed E-state index contributed by atoms with van der Waals surface area (Å²) in [7, 11) is 0. The van der Waals surface area contributed by atoms with Crippen LogP contribution in [0.1, 0.15) is 11.3 Å². The number of nitrogens with one attached hydrogen (secondary N) is 1. The summed E-state index contributed by atoms with van der Waals surface area (Å²) in [4.78, 5) is 28.8. The number of rotatable bonds is 4. The number of carbonyl (C=O) groups is 1. The predicted octanol–water partition coefficient (Wildman–Crippen LogP) is 5.81. The summed E-state index contributed by atoms with van der Waals surface area (Å²) in [6, 6.07) is 16.9. The van der Waals surface area contributed by atoms with Crippen LogP contribution in [0, 0.1) is 15.5 Å². The fraction of sp³-hybridized carbons (Fsp3) is 0. The Bertz CT molecular complexity index is 1430. The molecule has 10 heteroatoms. The lowest BCUT2D eigenvalue weighted by atomic mass is 10.1. The van der Waals surface area contributed by atoms with Crippen LogP contribution in [0.25, 0.3) is 23.1 Å². The van der Waals surface area contributed by atoms with Crippen LogP contribution in [0.5, 0.6) is 0 Å². The van der Waals surface area contributed by atoms with Crippen molar-refractivity contribution in [3.63, 3.8) is 0 Å². The van der Waals surface area contributed by atoms with Gasteiger partial charge in [0.1, 0.15) is 17.4 Å². The maximum Gasteiger partial charge on any atom is 0.283 e. The third-order valence-electron chi connectivity index (χ3n) is 5.03. The summed E-state index contributed by atoms with van der Waals surface area (Å²) >= 11 is 7.48. The van der Waals surface area contributed by atoms with Crippen LogP contribution < -0.4 is 0 Å². The second kappa shape index (κ2) is 8.19. The third-order valence-corrected chi connectivity index (χ3v) is 6.16. The standard InChI is InChI=1S/C23H13ClN4O4S/c24-18-10-14(28(30)31)6-8-16(18)20-9-7-15(32-20)11-17-21(25)27-19(13-4-2-1-3-5-13)12-33-23(27)26-22(17)29/h1-12,25H/b17-11+,25-21?. The molecule has 1 amide bonds. The molecule has 0 unspecified atom stereocenters. The Balaban J connectivity index is 1.47. The molecular weight excluding hydrogens is 464 g/mol. The van der Waals surface area contributed by atoms with Crippen molar-refractivity contribution in [3.8, 4) is 11.3 Å². The molecule has 2 aromatic carbocycles. The van der Waals surface area contributed by atoms with E-state index < -0.39 is 10.8 Å². The lowest BCUT2D eigenvalue weighted by Crippen LogP contribution is -2.37. The lowest BCUT2D eigenvalue weighted by molar-refractivity contribution is -0.384. The number of furan rings is 1. The first kappa shape index (κ1) is 20.9. The first-order chi connectivity index (χ1) is 15.9. The van der Waals surface area contributed by atoms with Gasteiger partial charge >= 0.3 is 0 Å². The SMILES string of the molecule is N=C1/C(=C\c2ccc(-c3ccc([N+](=O)[O-])cc3Cl)o2)C(=O)N=C2SC=C(c3ccccc3)N12. The topological polar surface area (TPSA) is 113 Å². The normalized spacial score (nSPS) is 16.6. The quantitative estimate of drug-likeness (QED) is 0.288. The second-order valence-electron chi connectivity index (χ2n) is 7.05. The number of benzene rings is 2. The molecule has 0 radical (unpaired) electrons. The van der Waals surface area contributed by atoms with Gasteiger partial charge in [-0.3, -0.25) is 25.2 Å². The van der Waals surface area contributed by atoms with E-state index in [1.807, 2.05) is 35.7 Å². The molecule has 0 saturated carbocycles. The van der Waals surface area contributed by atoms with Crippen LogP contribution in [0.3, 0.4) is 0 Å². The number of amides is 1. The molecule has 1 N–H and O–H groups in total. The highest BCUT2D eigenvalue weighted by Crippen LogP contribution is 2.38. The minimum Gasteiger partial charge on any atom is -0.457 e. The highest BCUT2D eigenvalue weighted by Gasteiger charge is 2.36. The van der Waals surface area contributed by atoms with Crippen LogP contribution in [0.2, 0.25) is 5.02 Å². The van der Waals surface area contributed by atoms with Gasteiger partial charge in [-0.05, 0) is 29.8 Å². The summed E-state index contributed by atoms with van der Waals surface area (Å²) in [6.45, 7) is 0. The zero-order valence-electron chi connectivity index (χ0n) is 16.7. The molecule has 0 atom stereocenters. The molecule has 5 rings (SSSR count). The third kappa shape index (κ3) is 3.77. The largest absolute Gasteiger partial charge is 0.457 e. The van der Waals surface area contributed by atoms with Crippen LogP contribution in [0.15, 0.2) is 81.1 Å². The number of fused-ring (bicyclic) bond motifs is 1. The zero-order valence-corrected chi connectivity index (χ0v) is 18.3. The van der Waals surface area contributed by atoms with E-state index in [9.17, 15) is 14.9 Å². The van der Waals surface area contributed by atoms with Gasteiger partial charge in [-0.1, -0.05) is 53.7 Å². The van der Waals surface area contributed by atoms with E-state index in [1.54, 1.807) is 17.0 Å². The molecule has 8 nitrogen and oxygen atoms in total. The van der Waals surface area contributed by atoms with Crippen LogP contribution in [0.4, 0.5) is 5.69 Å². The highest BCUT2D eigenvalue weighted by atomic mass is 35.5. The molecule has 1 aromatic heterocycles. The average molecular weight is 477 g/mol. The number of nitrogens with zero attached hydrogens (tertiary/aromatic N) is 3. The van der Waals surface area contributed by atoms with Crippen molar-refractivity contribution >= 4 is 57.7 Å². The van der Waals surface area contributed by atoms with Crippen LogP contribution in [-0.4, -0.2) is 26.7 Å². The van der Waals surface area contributed by atoms with Gasteiger partial charge in [0, 0.05) is 23.1 Å². The molecule has 2 aliphatic heterocycles. The average Bonchev–Trinajstić information content (AvgIpc) is 3.44. The molecule has 0 spiro atoms. The van der Waals surface area contributed by atoms with Crippen LogP contribution in [-0.2, 0) is 4.79 Å². The Labute approximate surface area is 196 Å². The number of carbonyl (C=O) groups excluding carboxylic acids is 1. The van der Waals surface area contributed by atoms with E-state index in [0.29, 0.717) is 22.3 Å². The molecule has 0 fully saturated rings. The fourth-order valence-corrected chi connectivity index (χ4v) is 4.61. The van der Waals surface area contributed by atoms with Gasteiger partial charge in [0.25, 0.3) is 11.6 Å². The minimum atomic E-state index is -0.534. The van der Waals surface area contributed by atoms with Crippen LogP contribution >= 0.6 is 23.4 Å².